The number of Topliss-reactive ketones (excluding diaryl/α,β-unsaturated/α-hetero) is 2. The van der Waals surface area contributed by atoms with E-state index in [-0.39, 0.29) is 11.6 Å². The maximum absolute atomic E-state index is 12.3. The van der Waals surface area contributed by atoms with Gasteiger partial charge in [-0.3, -0.25) is 9.59 Å². The second-order valence-electron chi connectivity index (χ2n) is 5.10. The number of allylic oxidation sites excluding steroid dienone is 2. The molecule has 3 nitrogen and oxygen atoms in total. The van der Waals surface area contributed by atoms with Crippen LogP contribution in [0.25, 0.3) is 0 Å². The van der Waals surface area contributed by atoms with Gasteiger partial charge in [0.15, 0.2) is 17.2 Å². The van der Waals surface area contributed by atoms with Crippen LogP contribution in [0.1, 0.15) is 23.7 Å². The van der Waals surface area contributed by atoms with E-state index >= 15 is 0 Å². The summed E-state index contributed by atoms with van der Waals surface area (Å²) in [5.74, 6) is -0.219. The fourth-order valence-electron chi connectivity index (χ4n) is 2.32. The van der Waals surface area contributed by atoms with Gasteiger partial charge in [-0.05, 0) is 18.6 Å². The molecule has 0 spiro atoms. The molecule has 0 aromatic heterocycles. The second kappa shape index (κ2) is 6.02. The first kappa shape index (κ1) is 15.1. The van der Waals surface area contributed by atoms with Crippen molar-refractivity contribution in [1.82, 2.24) is 0 Å². The maximum atomic E-state index is 12.3. The Morgan fingerprint density at radius 2 is 1.90 bits per heavy atom. The minimum atomic E-state index is -1.04. The first-order valence-corrected chi connectivity index (χ1v) is 6.75. The zero-order valence-corrected chi connectivity index (χ0v) is 12.3. The summed E-state index contributed by atoms with van der Waals surface area (Å²) >= 11 is 0. The molecule has 1 atom stereocenters. The fraction of sp³-hybridized carbons (Fsp3) is 0.222. The zero-order chi connectivity index (χ0) is 15.5. The number of carbonyl (C=O) groups is 2. The predicted octanol–water partition coefficient (Wildman–Crippen LogP) is 3.29. The van der Waals surface area contributed by atoms with Crippen molar-refractivity contribution in [3.8, 4) is 0 Å². The van der Waals surface area contributed by atoms with E-state index in [0.717, 1.165) is 0 Å². The number of carbonyl (C=O) groups excluding carboxylic acids is 2. The van der Waals surface area contributed by atoms with Crippen molar-refractivity contribution in [2.45, 2.75) is 18.9 Å². The molecule has 1 aromatic carbocycles. The van der Waals surface area contributed by atoms with Gasteiger partial charge in [0.2, 0.25) is 0 Å². The zero-order valence-electron chi connectivity index (χ0n) is 12.3. The lowest BCUT2D eigenvalue weighted by Crippen LogP contribution is -2.40. The molecule has 1 aliphatic rings. The van der Waals surface area contributed by atoms with Gasteiger partial charge in [-0.25, -0.2) is 0 Å². The fourth-order valence-corrected chi connectivity index (χ4v) is 2.32. The van der Waals surface area contributed by atoms with Crippen molar-refractivity contribution in [3.63, 3.8) is 0 Å². The Morgan fingerprint density at radius 3 is 2.38 bits per heavy atom. The third-order valence-corrected chi connectivity index (χ3v) is 3.59. The van der Waals surface area contributed by atoms with Crippen molar-refractivity contribution in [2.75, 3.05) is 7.11 Å². The second-order valence-corrected chi connectivity index (χ2v) is 5.10. The molecule has 0 aliphatic heterocycles. The summed E-state index contributed by atoms with van der Waals surface area (Å²) in [5.41, 5.74) is 0.604. The normalized spacial score (nSPS) is 20.8. The lowest BCUT2D eigenvalue weighted by Gasteiger charge is -2.29. The molecule has 108 valence electrons. The molecular weight excluding hydrogens is 264 g/mol. The van der Waals surface area contributed by atoms with Crippen LogP contribution < -0.4 is 0 Å². The Hall–Kier alpha value is -2.26. The van der Waals surface area contributed by atoms with Gasteiger partial charge < -0.3 is 4.74 Å². The van der Waals surface area contributed by atoms with Crippen LogP contribution in [0.4, 0.5) is 0 Å². The summed E-state index contributed by atoms with van der Waals surface area (Å²) in [6.07, 6.45) is 5.39. The van der Waals surface area contributed by atoms with Crippen molar-refractivity contribution in [2.24, 2.45) is 0 Å². The number of ketones is 2. The Morgan fingerprint density at radius 1 is 1.24 bits per heavy atom. The Bertz CT molecular complexity index is 638. The molecule has 0 radical (unpaired) electrons. The van der Waals surface area contributed by atoms with Crippen LogP contribution in [0.2, 0.25) is 0 Å². The molecule has 0 fully saturated rings. The van der Waals surface area contributed by atoms with Gasteiger partial charge in [0, 0.05) is 24.7 Å². The monoisotopic (exact) mass is 282 g/mol. The molecular formula is C18H18O3. The summed E-state index contributed by atoms with van der Waals surface area (Å²) in [7, 11) is 1.49. The molecule has 0 bridgehead atoms. The molecule has 1 unspecified atom stereocenters. The molecule has 0 N–H and O–H groups in total. The van der Waals surface area contributed by atoms with E-state index in [1.807, 2.05) is 18.2 Å². The summed E-state index contributed by atoms with van der Waals surface area (Å²) in [6, 6.07) is 9.06. The lowest BCUT2D eigenvalue weighted by molar-refractivity contribution is -0.131. The highest BCUT2D eigenvalue weighted by molar-refractivity contribution is 6.11. The SMILES string of the molecule is C=C(C)C(=O)C1(OC)C=CC(C(=O)c2ccccc2)=CC1. The van der Waals surface area contributed by atoms with Crippen LogP contribution in [0.3, 0.4) is 0 Å². The van der Waals surface area contributed by atoms with Crippen molar-refractivity contribution < 1.29 is 14.3 Å². The summed E-state index contributed by atoms with van der Waals surface area (Å²) in [6.45, 7) is 5.33. The van der Waals surface area contributed by atoms with E-state index in [9.17, 15) is 9.59 Å². The van der Waals surface area contributed by atoms with Gasteiger partial charge in [-0.1, -0.05) is 49.1 Å². The van der Waals surface area contributed by atoms with Crippen LogP contribution in [0.15, 0.2) is 66.3 Å². The molecule has 0 saturated heterocycles. The van der Waals surface area contributed by atoms with E-state index < -0.39 is 5.60 Å². The van der Waals surface area contributed by atoms with Crippen molar-refractivity contribution in [1.29, 1.82) is 0 Å². The third kappa shape index (κ3) is 2.93. The highest BCUT2D eigenvalue weighted by atomic mass is 16.5. The quantitative estimate of drug-likeness (QED) is 0.615. The van der Waals surface area contributed by atoms with Gasteiger partial charge in [0.25, 0.3) is 0 Å². The molecule has 0 amide bonds. The first-order valence-electron chi connectivity index (χ1n) is 6.75. The van der Waals surface area contributed by atoms with Gasteiger partial charge in [-0.2, -0.15) is 0 Å². The topological polar surface area (TPSA) is 43.4 Å². The molecule has 0 heterocycles. The number of methoxy groups -OCH3 is 1. The van der Waals surface area contributed by atoms with Crippen LogP contribution in [-0.2, 0) is 9.53 Å². The molecule has 1 aliphatic carbocycles. The van der Waals surface area contributed by atoms with Crippen LogP contribution in [0.5, 0.6) is 0 Å². The van der Waals surface area contributed by atoms with E-state index in [0.29, 0.717) is 23.1 Å². The average molecular weight is 282 g/mol. The maximum Gasteiger partial charge on any atom is 0.194 e. The smallest absolute Gasteiger partial charge is 0.194 e. The molecule has 1 aromatic rings. The van der Waals surface area contributed by atoms with E-state index in [1.54, 1.807) is 37.3 Å². The van der Waals surface area contributed by atoms with E-state index in [1.165, 1.54) is 7.11 Å². The molecule has 0 saturated carbocycles. The van der Waals surface area contributed by atoms with Crippen molar-refractivity contribution >= 4 is 11.6 Å². The van der Waals surface area contributed by atoms with E-state index in [4.69, 9.17) is 4.74 Å². The lowest BCUT2D eigenvalue weighted by atomic mass is 9.84. The summed E-state index contributed by atoms with van der Waals surface area (Å²) in [4.78, 5) is 24.5. The minimum Gasteiger partial charge on any atom is -0.366 e. The number of rotatable bonds is 5. The molecule has 3 heteroatoms. The Kier molecular flexibility index (Phi) is 4.34. The Balaban J connectivity index is 2.23. The number of hydrogen-bond acceptors (Lipinski definition) is 3. The summed E-state index contributed by atoms with van der Waals surface area (Å²) < 4.78 is 5.38. The van der Waals surface area contributed by atoms with Gasteiger partial charge in [-0.15, -0.1) is 0 Å². The summed E-state index contributed by atoms with van der Waals surface area (Å²) in [5, 5.41) is 0. The van der Waals surface area contributed by atoms with Crippen LogP contribution in [0, 0.1) is 0 Å². The van der Waals surface area contributed by atoms with E-state index in [2.05, 4.69) is 6.58 Å². The molecule has 21 heavy (non-hydrogen) atoms. The van der Waals surface area contributed by atoms with Crippen LogP contribution in [-0.4, -0.2) is 24.3 Å². The highest BCUT2D eigenvalue weighted by Gasteiger charge is 2.37. The molecule has 2 rings (SSSR count). The third-order valence-electron chi connectivity index (χ3n) is 3.59. The number of benzene rings is 1. The Labute approximate surface area is 124 Å². The largest absolute Gasteiger partial charge is 0.366 e. The van der Waals surface area contributed by atoms with Crippen LogP contribution >= 0.6 is 0 Å². The number of hydrogen-bond donors (Lipinski definition) is 0. The first-order chi connectivity index (χ1) is 10.00. The standard InChI is InChI=1S/C18H18O3/c1-13(2)17(20)18(21-3)11-9-15(10-12-18)16(19)14-7-5-4-6-8-14/h4-11H,1,12H2,2-3H3. The van der Waals surface area contributed by atoms with Crippen molar-refractivity contribution in [3.05, 3.63) is 71.8 Å². The predicted molar refractivity (Wildman–Crippen MR) is 82.2 cm³/mol. The highest BCUT2D eigenvalue weighted by Crippen LogP contribution is 2.29. The van der Waals surface area contributed by atoms with Gasteiger partial charge in [0.1, 0.15) is 0 Å². The van der Waals surface area contributed by atoms with Gasteiger partial charge >= 0.3 is 0 Å². The minimum absolute atomic E-state index is 0.0562. The number of ether oxygens (including phenoxy) is 1. The average Bonchev–Trinajstić information content (AvgIpc) is 2.54. The van der Waals surface area contributed by atoms with Gasteiger partial charge in [0.05, 0.1) is 0 Å².